The third kappa shape index (κ3) is 4.23. The van der Waals surface area contributed by atoms with Crippen molar-refractivity contribution in [1.29, 1.82) is 0 Å². The van der Waals surface area contributed by atoms with Crippen LogP contribution in [-0.2, 0) is 11.2 Å². The normalized spacial score (nSPS) is 17.3. The van der Waals surface area contributed by atoms with Crippen molar-refractivity contribution in [1.82, 2.24) is 4.90 Å². The molecule has 2 aromatic carbocycles. The number of aromatic carboxylic acids is 1. The van der Waals surface area contributed by atoms with Crippen LogP contribution in [0.1, 0.15) is 33.1 Å². The van der Waals surface area contributed by atoms with E-state index in [1.165, 1.54) is 5.56 Å². The van der Waals surface area contributed by atoms with E-state index in [-0.39, 0.29) is 23.9 Å². The third-order valence-corrected chi connectivity index (χ3v) is 5.46. The van der Waals surface area contributed by atoms with E-state index in [0.29, 0.717) is 0 Å². The van der Waals surface area contributed by atoms with Gasteiger partial charge in [-0.2, -0.15) is 11.8 Å². The van der Waals surface area contributed by atoms with Gasteiger partial charge in [0, 0.05) is 18.1 Å². The van der Waals surface area contributed by atoms with E-state index in [4.69, 9.17) is 5.11 Å². The Labute approximate surface area is 151 Å². The molecular weight excluding hydrogens is 334 g/mol. The van der Waals surface area contributed by atoms with Crippen molar-refractivity contribution in [2.45, 2.75) is 19.4 Å². The molecule has 0 aliphatic carbocycles. The van der Waals surface area contributed by atoms with Crippen LogP contribution in [0.15, 0.2) is 48.5 Å². The molecule has 0 saturated carbocycles. The molecule has 1 aliphatic heterocycles. The average molecular weight is 355 g/mol. The minimum atomic E-state index is -0.971. The smallest absolute Gasteiger partial charge is 0.335 e. The molecule has 1 unspecified atom stereocenters. The van der Waals surface area contributed by atoms with E-state index in [1.54, 1.807) is 18.2 Å². The summed E-state index contributed by atoms with van der Waals surface area (Å²) in [6.45, 7) is 2.78. The second kappa shape index (κ2) is 7.74. The van der Waals surface area contributed by atoms with Crippen LogP contribution >= 0.6 is 11.8 Å². The molecule has 0 bridgehead atoms. The second-order valence-corrected chi connectivity index (χ2v) is 7.42. The maximum Gasteiger partial charge on any atom is 0.335 e. The highest BCUT2D eigenvalue weighted by molar-refractivity contribution is 7.99. The van der Waals surface area contributed by atoms with Crippen LogP contribution in [0.25, 0.3) is 0 Å². The maximum absolute atomic E-state index is 12.9. The molecule has 1 fully saturated rings. The van der Waals surface area contributed by atoms with E-state index in [2.05, 4.69) is 31.2 Å². The van der Waals surface area contributed by atoms with Crippen LogP contribution in [0.3, 0.4) is 0 Å². The molecule has 1 N–H and O–H groups in total. The Morgan fingerprint density at radius 1 is 1.20 bits per heavy atom. The lowest BCUT2D eigenvalue weighted by Gasteiger charge is -2.36. The van der Waals surface area contributed by atoms with Crippen LogP contribution < -0.4 is 0 Å². The number of benzene rings is 2. The summed E-state index contributed by atoms with van der Waals surface area (Å²) in [7, 11) is 0. The number of carbonyl (C=O) groups excluding carboxylic acids is 1. The van der Waals surface area contributed by atoms with Crippen LogP contribution in [0, 0.1) is 6.92 Å². The minimum Gasteiger partial charge on any atom is -0.478 e. The number of thioether (sulfide) groups is 1. The van der Waals surface area contributed by atoms with Crippen molar-refractivity contribution in [2.24, 2.45) is 0 Å². The summed E-state index contributed by atoms with van der Waals surface area (Å²) in [5.74, 6) is 0.905. The van der Waals surface area contributed by atoms with E-state index in [9.17, 15) is 9.59 Å². The molecule has 0 aromatic heterocycles. The summed E-state index contributed by atoms with van der Waals surface area (Å²) in [5, 5.41) is 9.11. The number of aryl methyl sites for hydroxylation is 1. The number of carbonyl (C=O) groups is 2. The molecule has 3 rings (SSSR count). The zero-order valence-corrected chi connectivity index (χ0v) is 15.0. The van der Waals surface area contributed by atoms with Gasteiger partial charge in [0.15, 0.2) is 0 Å². The van der Waals surface area contributed by atoms with Crippen molar-refractivity contribution in [3.63, 3.8) is 0 Å². The molecule has 2 aromatic rings. The van der Waals surface area contributed by atoms with Gasteiger partial charge in [0.1, 0.15) is 0 Å². The number of amides is 1. The van der Waals surface area contributed by atoms with Gasteiger partial charge in [-0.15, -0.1) is 0 Å². The van der Waals surface area contributed by atoms with Gasteiger partial charge in [0.2, 0.25) is 5.91 Å². The van der Waals surface area contributed by atoms with Crippen LogP contribution in [0.5, 0.6) is 0 Å². The quantitative estimate of drug-likeness (QED) is 0.911. The fourth-order valence-electron chi connectivity index (χ4n) is 3.06. The van der Waals surface area contributed by atoms with Crippen molar-refractivity contribution in [2.75, 3.05) is 18.1 Å². The number of nitrogens with zero attached hydrogens (tertiary/aromatic N) is 1. The van der Waals surface area contributed by atoms with Gasteiger partial charge in [0.05, 0.1) is 18.0 Å². The first-order valence-corrected chi connectivity index (χ1v) is 9.46. The highest BCUT2D eigenvalue weighted by Gasteiger charge is 2.28. The van der Waals surface area contributed by atoms with Gasteiger partial charge in [0.25, 0.3) is 0 Å². The Balaban J connectivity index is 1.78. The van der Waals surface area contributed by atoms with E-state index >= 15 is 0 Å². The van der Waals surface area contributed by atoms with Gasteiger partial charge >= 0.3 is 5.97 Å². The Kier molecular flexibility index (Phi) is 5.43. The average Bonchev–Trinajstić information content (AvgIpc) is 2.62. The monoisotopic (exact) mass is 355 g/mol. The lowest BCUT2D eigenvalue weighted by Crippen LogP contribution is -2.41. The molecular formula is C20H21NO3S. The van der Waals surface area contributed by atoms with Gasteiger partial charge in [-0.05, 0) is 30.2 Å². The molecule has 5 heteroatoms. The minimum absolute atomic E-state index is 0.0495. The first kappa shape index (κ1) is 17.5. The molecule has 0 radical (unpaired) electrons. The first-order valence-electron chi connectivity index (χ1n) is 8.30. The molecule has 1 heterocycles. The van der Waals surface area contributed by atoms with Crippen molar-refractivity contribution < 1.29 is 14.7 Å². The Bertz CT molecular complexity index is 773. The van der Waals surface area contributed by atoms with Crippen molar-refractivity contribution >= 4 is 23.6 Å². The van der Waals surface area contributed by atoms with Crippen LogP contribution in [-0.4, -0.2) is 39.9 Å². The van der Waals surface area contributed by atoms with Gasteiger partial charge < -0.3 is 10.0 Å². The molecule has 130 valence electrons. The molecule has 1 saturated heterocycles. The predicted octanol–water partition coefficient (Wildman–Crippen LogP) is 3.55. The van der Waals surface area contributed by atoms with Crippen molar-refractivity contribution in [3.8, 4) is 0 Å². The SMILES string of the molecule is Cc1ccc(C2CSCCN2C(=O)Cc2cccc(C(=O)O)c2)cc1. The molecule has 4 nitrogen and oxygen atoms in total. The first-order chi connectivity index (χ1) is 12.0. The number of carboxylic acid groups (broad SMARTS) is 1. The standard InChI is InChI=1S/C20H21NO3S/c1-14-5-7-16(8-6-14)18-13-25-10-9-21(18)19(22)12-15-3-2-4-17(11-15)20(23)24/h2-8,11,18H,9-10,12-13H2,1H3,(H,23,24). The highest BCUT2D eigenvalue weighted by atomic mass is 32.2. The molecule has 0 spiro atoms. The molecule has 25 heavy (non-hydrogen) atoms. The lowest BCUT2D eigenvalue weighted by atomic mass is 10.0. The topological polar surface area (TPSA) is 57.6 Å². The maximum atomic E-state index is 12.9. The van der Waals surface area contributed by atoms with Gasteiger partial charge in [-0.25, -0.2) is 4.79 Å². The van der Waals surface area contributed by atoms with Gasteiger partial charge in [-0.3, -0.25) is 4.79 Å². The lowest BCUT2D eigenvalue weighted by molar-refractivity contribution is -0.132. The highest BCUT2D eigenvalue weighted by Crippen LogP contribution is 2.30. The third-order valence-electron chi connectivity index (χ3n) is 4.44. The predicted molar refractivity (Wildman–Crippen MR) is 100 cm³/mol. The summed E-state index contributed by atoms with van der Waals surface area (Å²) in [5.41, 5.74) is 3.32. The fourth-order valence-corrected chi connectivity index (χ4v) is 4.15. The Morgan fingerprint density at radius 3 is 2.68 bits per heavy atom. The largest absolute Gasteiger partial charge is 0.478 e. The van der Waals surface area contributed by atoms with E-state index in [1.807, 2.05) is 22.7 Å². The van der Waals surface area contributed by atoms with Gasteiger partial charge in [-0.1, -0.05) is 42.0 Å². The summed E-state index contributed by atoms with van der Waals surface area (Å²) in [6.07, 6.45) is 0.230. The summed E-state index contributed by atoms with van der Waals surface area (Å²) < 4.78 is 0. The number of hydrogen-bond acceptors (Lipinski definition) is 3. The Morgan fingerprint density at radius 2 is 1.96 bits per heavy atom. The van der Waals surface area contributed by atoms with Crippen LogP contribution in [0.4, 0.5) is 0 Å². The number of hydrogen-bond donors (Lipinski definition) is 1. The summed E-state index contributed by atoms with van der Waals surface area (Å²) in [6, 6.07) is 15.0. The molecule has 1 amide bonds. The number of rotatable bonds is 4. The van der Waals surface area contributed by atoms with E-state index in [0.717, 1.165) is 29.2 Å². The number of carboxylic acids is 1. The van der Waals surface area contributed by atoms with E-state index < -0.39 is 5.97 Å². The van der Waals surface area contributed by atoms with Crippen LogP contribution in [0.2, 0.25) is 0 Å². The zero-order chi connectivity index (χ0) is 17.8. The zero-order valence-electron chi connectivity index (χ0n) is 14.1. The summed E-state index contributed by atoms with van der Waals surface area (Å²) in [4.78, 5) is 25.9. The van der Waals surface area contributed by atoms with Crippen molar-refractivity contribution in [3.05, 3.63) is 70.8 Å². The molecule has 1 atom stereocenters. The Hall–Kier alpha value is -2.27. The summed E-state index contributed by atoms with van der Waals surface area (Å²) >= 11 is 1.86. The molecule has 1 aliphatic rings. The second-order valence-electron chi connectivity index (χ2n) is 6.27. The fraction of sp³-hybridized carbons (Fsp3) is 0.300.